The van der Waals surface area contributed by atoms with Gasteiger partial charge in [-0.1, -0.05) is 17.3 Å². The van der Waals surface area contributed by atoms with E-state index in [1.807, 2.05) is 45.2 Å². The number of fused-ring (bicyclic) bond motifs is 1. The molecule has 0 bridgehead atoms. The number of hydrogen-bond donors (Lipinski definition) is 1. The molecule has 0 spiro atoms. The summed E-state index contributed by atoms with van der Waals surface area (Å²) in [5.41, 5.74) is 2.73. The highest BCUT2D eigenvalue weighted by molar-refractivity contribution is 5.76. The summed E-state index contributed by atoms with van der Waals surface area (Å²) in [7, 11) is 1.85. The van der Waals surface area contributed by atoms with Crippen LogP contribution in [0.4, 0.5) is 5.82 Å². The Kier molecular flexibility index (Phi) is 2.63. The lowest BCUT2D eigenvalue weighted by Gasteiger charge is -2.10. The first kappa shape index (κ1) is 11.6. The fourth-order valence-electron chi connectivity index (χ4n) is 2.09. The highest BCUT2D eigenvalue weighted by Gasteiger charge is 2.13. The van der Waals surface area contributed by atoms with Crippen molar-refractivity contribution in [1.29, 1.82) is 0 Å². The Hall–Kier alpha value is -2.50. The van der Waals surface area contributed by atoms with Gasteiger partial charge >= 0.3 is 0 Å². The van der Waals surface area contributed by atoms with Gasteiger partial charge in [-0.2, -0.15) is 4.68 Å². The third kappa shape index (κ3) is 1.81. The zero-order valence-corrected chi connectivity index (χ0v) is 11.0. The topological polar surface area (TPSA) is 68.5 Å². The summed E-state index contributed by atoms with van der Waals surface area (Å²) in [6.07, 6.45) is 0. The number of para-hydroxylation sites is 1. The van der Waals surface area contributed by atoms with Crippen LogP contribution in [-0.2, 0) is 0 Å². The second kappa shape index (κ2) is 4.31. The van der Waals surface area contributed by atoms with Crippen molar-refractivity contribution in [1.82, 2.24) is 25.0 Å². The molecule has 0 amide bonds. The van der Waals surface area contributed by atoms with Crippen LogP contribution in [0.2, 0.25) is 0 Å². The van der Waals surface area contributed by atoms with Crippen molar-refractivity contribution in [2.24, 2.45) is 0 Å². The third-order valence-electron chi connectivity index (χ3n) is 3.02. The predicted molar refractivity (Wildman–Crippen MR) is 73.5 cm³/mol. The minimum absolute atomic E-state index is 0.699. The quantitative estimate of drug-likeness (QED) is 0.756. The van der Waals surface area contributed by atoms with E-state index < -0.39 is 0 Å². The van der Waals surface area contributed by atoms with E-state index >= 15 is 0 Å². The van der Waals surface area contributed by atoms with E-state index in [0.29, 0.717) is 5.82 Å². The zero-order chi connectivity index (χ0) is 13.4. The molecule has 0 saturated heterocycles. The van der Waals surface area contributed by atoms with Crippen molar-refractivity contribution in [3.63, 3.8) is 0 Å². The van der Waals surface area contributed by atoms with Gasteiger partial charge in [0.15, 0.2) is 5.82 Å². The van der Waals surface area contributed by atoms with Crippen LogP contribution >= 0.6 is 0 Å². The normalized spacial score (nSPS) is 10.9. The summed E-state index contributed by atoms with van der Waals surface area (Å²) >= 11 is 0. The maximum atomic E-state index is 4.48. The smallest absolute Gasteiger partial charge is 0.164 e. The average molecular weight is 254 g/mol. The highest BCUT2D eigenvalue weighted by atomic mass is 15.4. The first-order chi connectivity index (χ1) is 9.20. The molecular formula is C13H14N6. The Morgan fingerprint density at radius 1 is 1.11 bits per heavy atom. The van der Waals surface area contributed by atoms with Crippen molar-refractivity contribution in [2.75, 3.05) is 12.4 Å². The predicted octanol–water partition coefficient (Wildman–Crippen LogP) is 1.87. The van der Waals surface area contributed by atoms with E-state index in [4.69, 9.17) is 0 Å². The summed E-state index contributed by atoms with van der Waals surface area (Å²) in [5, 5.41) is 11.4. The molecule has 6 heteroatoms. The van der Waals surface area contributed by atoms with Crippen molar-refractivity contribution in [3.05, 3.63) is 35.7 Å². The molecule has 0 radical (unpaired) electrons. The molecule has 3 rings (SSSR count). The molecule has 96 valence electrons. The average Bonchev–Trinajstić information content (AvgIpc) is 2.85. The standard InChI is InChI=1S/C13H14N6/c1-8-12(14-3)15-9(2)16-13(8)19-11-7-5-4-6-10(11)17-18-19/h4-7H,1-3H3,(H,14,15,16). The molecular weight excluding hydrogens is 240 g/mol. The first-order valence-corrected chi connectivity index (χ1v) is 6.04. The molecule has 2 aromatic heterocycles. The molecule has 3 aromatic rings. The Bertz CT molecular complexity index is 746. The van der Waals surface area contributed by atoms with E-state index in [-0.39, 0.29) is 0 Å². The van der Waals surface area contributed by atoms with E-state index in [1.165, 1.54) is 0 Å². The lowest BCUT2D eigenvalue weighted by Crippen LogP contribution is -2.08. The van der Waals surface area contributed by atoms with Gasteiger partial charge < -0.3 is 5.32 Å². The van der Waals surface area contributed by atoms with Crippen LogP contribution in [0.25, 0.3) is 16.9 Å². The van der Waals surface area contributed by atoms with Crippen molar-refractivity contribution < 1.29 is 0 Å². The van der Waals surface area contributed by atoms with Crippen LogP contribution in [0.5, 0.6) is 0 Å². The summed E-state index contributed by atoms with van der Waals surface area (Å²) in [6, 6.07) is 7.81. The monoisotopic (exact) mass is 254 g/mol. The zero-order valence-electron chi connectivity index (χ0n) is 11.0. The first-order valence-electron chi connectivity index (χ1n) is 6.04. The van der Waals surface area contributed by atoms with Crippen LogP contribution in [0.3, 0.4) is 0 Å². The van der Waals surface area contributed by atoms with E-state index in [0.717, 1.165) is 28.2 Å². The fraction of sp³-hybridized carbons (Fsp3) is 0.231. The molecule has 2 heterocycles. The number of nitrogens with zero attached hydrogens (tertiary/aromatic N) is 5. The second-order valence-electron chi connectivity index (χ2n) is 4.31. The van der Waals surface area contributed by atoms with Gasteiger partial charge in [0.25, 0.3) is 0 Å². The second-order valence-corrected chi connectivity index (χ2v) is 4.31. The Labute approximate surface area is 110 Å². The van der Waals surface area contributed by atoms with Gasteiger partial charge in [-0.05, 0) is 26.0 Å². The largest absolute Gasteiger partial charge is 0.373 e. The SMILES string of the molecule is CNc1nc(C)nc(-n2nnc3ccccc32)c1C. The maximum Gasteiger partial charge on any atom is 0.164 e. The Morgan fingerprint density at radius 3 is 2.68 bits per heavy atom. The third-order valence-corrected chi connectivity index (χ3v) is 3.02. The van der Waals surface area contributed by atoms with Gasteiger partial charge in [0, 0.05) is 12.6 Å². The number of rotatable bonds is 2. The summed E-state index contributed by atoms with van der Waals surface area (Å²) < 4.78 is 1.75. The Morgan fingerprint density at radius 2 is 1.89 bits per heavy atom. The lowest BCUT2D eigenvalue weighted by molar-refractivity contribution is 0.784. The Balaban J connectivity index is 2.30. The lowest BCUT2D eigenvalue weighted by atomic mass is 10.2. The number of nitrogens with one attached hydrogen (secondary N) is 1. The van der Waals surface area contributed by atoms with Crippen LogP contribution < -0.4 is 5.32 Å². The molecule has 19 heavy (non-hydrogen) atoms. The van der Waals surface area contributed by atoms with Crippen LogP contribution in [-0.4, -0.2) is 32.0 Å². The minimum Gasteiger partial charge on any atom is -0.373 e. The van der Waals surface area contributed by atoms with Crippen LogP contribution in [0.15, 0.2) is 24.3 Å². The van der Waals surface area contributed by atoms with Crippen molar-refractivity contribution in [2.45, 2.75) is 13.8 Å². The molecule has 1 N–H and O–H groups in total. The van der Waals surface area contributed by atoms with Crippen molar-refractivity contribution >= 4 is 16.9 Å². The molecule has 0 unspecified atom stereocenters. The maximum absolute atomic E-state index is 4.48. The highest BCUT2D eigenvalue weighted by Crippen LogP contribution is 2.21. The van der Waals surface area contributed by atoms with E-state index in [9.17, 15) is 0 Å². The number of benzene rings is 1. The minimum atomic E-state index is 0.699. The summed E-state index contributed by atoms with van der Waals surface area (Å²) in [6.45, 7) is 3.83. The molecule has 0 aliphatic carbocycles. The van der Waals surface area contributed by atoms with Gasteiger partial charge in [0.05, 0.1) is 5.52 Å². The van der Waals surface area contributed by atoms with Gasteiger partial charge in [-0.15, -0.1) is 5.10 Å². The van der Waals surface area contributed by atoms with Gasteiger partial charge in [-0.3, -0.25) is 0 Å². The molecule has 0 aliphatic rings. The van der Waals surface area contributed by atoms with Crippen LogP contribution in [0.1, 0.15) is 11.4 Å². The van der Waals surface area contributed by atoms with E-state index in [1.54, 1.807) is 4.68 Å². The number of aromatic nitrogens is 5. The van der Waals surface area contributed by atoms with Crippen LogP contribution in [0, 0.1) is 13.8 Å². The number of hydrogen-bond acceptors (Lipinski definition) is 5. The molecule has 0 saturated carbocycles. The number of anilines is 1. The van der Waals surface area contributed by atoms with Gasteiger partial charge in [0.1, 0.15) is 17.2 Å². The van der Waals surface area contributed by atoms with Gasteiger partial charge in [-0.25, -0.2) is 9.97 Å². The molecule has 0 aliphatic heterocycles. The molecule has 1 aromatic carbocycles. The van der Waals surface area contributed by atoms with Gasteiger partial charge in [0.2, 0.25) is 0 Å². The summed E-state index contributed by atoms with van der Waals surface area (Å²) in [4.78, 5) is 8.84. The molecule has 0 atom stereocenters. The molecule has 6 nitrogen and oxygen atoms in total. The molecule has 0 fully saturated rings. The van der Waals surface area contributed by atoms with Crippen molar-refractivity contribution in [3.8, 4) is 5.82 Å². The fourth-order valence-corrected chi connectivity index (χ4v) is 2.09. The number of aryl methyl sites for hydroxylation is 1. The van der Waals surface area contributed by atoms with E-state index in [2.05, 4.69) is 25.6 Å². The summed E-state index contributed by atoms with van der Waals surface area (Å²) in [5.74, 6) is 2.26.